The van der Waals surface area contributed by atoms with Crippen LogP contribution in [0.3, 0.4) is 0 Å². The summed E-state index contributed by atoms with van der Waals surface area (Å²) >= 11 is 0. The summed E-state index contributed by atoms with van der Waals surface area (Å²) in [6, 6.07) is 9.65. The first-order chi connectivity index (χ1) is 12.2. The lowest BCUT2D eigenvalue weighted by molar-refractivity contribution is -0.118. The molecule has 0 amide bonds. The maximum Gasteiger partial charge on any atom is 0.442 e. The van der Waals surface area contributed by atoms with Gasteiger partial charge in [-0.3, -0.25) is 9.32 Å². The third-order valence-corrected chi connectivity index (χ3v) is 3.80. The summed E-state index contributed by atoms with van der Waals surface area (Å²) < 4.78 is 5.94. The Hall–Kier alpha value is -2.47. The average Bonchev–Trinajstić information content (AvgIpc) is 2.97. The minimum Gasteiger partial charge on any atom is -0.310 e. The van der Waals surface area contributed by atoms with E-state index < -0.39 is 5.76 Å². The van der Waals surface area contributed by atoms with Crippen LogP contribution < -0.4 is 11.1 Å². The van der Waals surface area contributed by atoms with E-state index in [9.17, 15) is 9.59 Å². The molecule has 0 unspecified atom stereocenters. The molecule has 0 bridgehead atoms. The van der Waals surface area contributed by atoms with Crippen LogP contribution in [0.4, 0.5) is 0 Å². The molecule has 6 nitrogen and oxygen atoms in total. The Morgan fingerprint density at radius 2 is 2.00 bits per heavy atom. The zero-order valence-corrected chi connectivity index (χ0v) is 14.6. The molecule has 1 heterocycles. The molecular weight excluding hydrogens is 318 g/mol. The number of rotatable bonds is 11. The predicted octanol–water partition coefficient (Wildman–Crippen LogP) is 2.75. The molecule has 0 aliphatic heterocycles. The maximum absolute atomic E-state index is 12.1. The van der Waals surface area contributed by atoms with Gasteiger partial charge in [0.1, 0.15) is 0 Å². The summed E-state index contributed by atoms with van der Waals surface area (Å²) in [5.41, 5.74) is 0.976. The molecule has 0 fully saturated rings. The molecule has 0 spiro atoms. The zero-order valence-electron chi connectivity index (χ0n) is 14.6. The third-order valence-electron chi connectivity index (χ3n) is 3.80. The van der Waals surface area contributed by atoms with Gasteiger partial charge in [0.05, 0.1) is 13.1 Å². The summed E-state index contributed by atoms with van der Waals surface area (Å²) in [6.45, 7) is 3.17. The molecule has 6 heteroatoms. The first-order valence-electron chi connectivity index (χ1n) is 8.72. The van der Waals surface area contributed by atoms with Crippen molar-refractivity contribution in [2.24, 2.45) is 0 Å². The number of benzene rings is 1. The van der Waals surface area contributed by atoms with Crippen molar-refractivity contribution in [1.82, 2.24) is 15.0 Å². The molecule has 25 heavy (non-hydrogen) atoms. The van der Waals surface area contributed by atoms with Crippen LogP contribution in [0.25, 0.3) is 12.2 Å². The number of aromatic nitrogens is 2. The SMILES string of the molecule is CCCCCCNCC(=O)Cn1c(C=Cc2ccccc2)noc1=O. The number of hydrogen-bond acceptors (Lipinski definition) is 5. The van der Waals surface area contributed by atoms with Crippen molar-refractivity contribution >= 4 is 17.9 Å². The van der Waals surface area contributed by atoms with Crippen LogP contribution in [0.1, 0.15) is 44.0 Å². The van der Waals surface area contributed by atoms with Crippen LogP contribution in [-0.4, -0.2) is 28.6 Å². The Morgan fingerprint density at radius 1 is 1.20 bits per heavy atom. The molecule has 1 aromatic heterocycles. The summed E-state index contributed by atoms with van der Waals surface area (Å²) in [5, 5.41) is 6.85. The number of hydrogen-bond donors (Lipinski definition) is 1. The standard InChI is InChI=1S/C19H25N3O3/c1-2-3-4-8-13-20-14-17(23)15-22-18(21-25-19(22)24)12-11-16-9-6-5-7-10-16/h5-7,9-12,20H,2-4,8,13-15H2,1H3. The fourth-order valence-electron chi connectivity index (χ4n) is 2.42. The summed E-state index contributed by atoms with van der Waals surface area (Å²) in [5.74, 6) is -0.357. The Bertz CT molecular complexity index is 732. The van der Waals surface area contributed by atoms with Crippen molar-refractivity contribution in [1.29, 1.82) is 0 Å². The van der Waals surface area contributed by atoms with Gasteiger partial charge < -0.3 is 5.32 Å². The van der Waals surface area contributed by atoms with E-state index in [2.05, 4.69) is 21.9 Å². The molecule has 0 radical (unpaired) electrons. The Kier molecular flexibility index (Phi) is 7.85. The third kappa shape index (κ3) is 6.51. The second kappa shape index (κ2) is 10.4. The van der Waals surface area contributed by atoms with Crippen molar-refractivity contribution < 1.29 is 9.32 Å². The first kappa shape index (κ1) is 18.9. The smallest absolute Gasteiger partial charge is 0.310 e. The van der Waals surface area contributed by atoms with Gasteiger partial charge in [-0.2, -0.15) is 0 Å². The van der Waals surface area contributed by atoms with E-state index >= 15 is 0 Å². The zero-order chi connectivity index (χ0) is 17.9. The van der Waals surface area contributed by atoms with Gasteiger partial charge in [-0.15, -0.1) is 0 Å². The predicted molar refractivity (Wildman–Crippen MR) is 98.2 cm³/mol. The van der Waals surface area contributed by atoms with Crippen molar-refractivity contribution in [3.63, 3.8) is 0 Å². The van der Waals surface area contributed by atoms with Crippen molar-refractivity contribution in [3.05, 3.63) is 52.3 Å². The highest BCUT2D eigenvalue weighted by Crippen LogP contribution is 2.05. The minimum absolute atomic E-state index is 0.0429. The van der Waals surface area contributed by atoms with Crippen molar-refractivity contribution in [2.75, 3.05) is 13.1 Å². The molecule has 0 atom stereocenters. The van der Waals surface area contributed by atoms with Gasteiger partial charge in [0.15, 0.2) is 11.6 Å². The molecule has 1 N–H and O–H groups in total. The van der Waals surface area contributed by atoms with Crippen LogP contribution in [0.2, 0.25) is 0 Å². The van der Waals surface area contributed by atoms with Crippen LogP contribution in [0, 0.1) is 0 Å². The van der Waals surface area contributed by atoms with Gasteiger partial charge in [-0.05, 0) is 24.6 Å². The van der Waals surface area contributed by atoms with E-state index in [1.54, 1.807) is 6.08 Å². The van der Waals surface area contributed by atoms with Crippen molar-refractivity contribution in [2.45, 2.75) is 39.2 Å². The molecule has 2 rings (SSSR count). The van der Waals surface area contributed by atoms with E-state index in [4.69, 9.17) is 0 Å². The van der Waals surface area contributed by atoms with E-state index in [0.29, 0.717) is 5.82 Å². The summed E-state index contributed by atoms with van der Waals surface area (Å²) in [6.07, 6.45) is 8.12. The number of ketones is 1. The number of unbranched alkanes of at least 4 members (excludes halogenated alkanes) is 3. The van der Waals surface area contributed by atoms with E-state index in [0.717, 1.165) is 24.9 Å². The van der Waals surface area contributed by atoms with E-state index in [-0.39, 0.29) is 18.9 Å². The lowest BCUT2D eigenvalue weighted by Gasteiger charge is -2.04. The van der Waals surface area contributed by atoms with Crippen LogP contribution >= 0.6 is 0 Å². The van der Waals surface area contributed by atoms with Gasteiger partial charge in [0.2, 0.25) is 0 Å². The van der Waals surface area contributed by atoms with Gasteiger partial charge >= 0.3 is 5.76 Å². The summed E-state index contributed by atoms with van der Waals surface area (Å²) in [7, 11) is 0. The highest BCUT2D eigenvalue weighted by Gasteiger charge is 2.12. The molecule has 2 aromatic rings. The normalized spacial score (nSPS) is 11.2. The van der Waals surface area contributed by atoms with Crippen LogP contribution in [0.5, 0.6) is 0 Å². The fourth-order valence-corrected chi connectivity index (χ4v) is 2.42. The molecule has 0 saturated carbocycles. The maximum atomic E-state index is 12.1. The second-order valence-electron chi connectivity index (χ2n) is 5.91. The first-order valence-corrected chi connectivity index (χ1v) is 8.72. The Morgan fingerprint density at radius 3 is 2.76 bits per heavy atom. The van der Waals surface area contributed by atoms with Crippen molar-refractivity contribution in [3.8, 4) is 0 Å². The molecule has 0 aliphatic rings. The number of Topliss-reactive ketones (excluding diaryl/α,β-unsaturated/α-hetero) is 1. The Balaban J connectivity index is 1.87. The number of carbonyl (C=O) groups excluding carboxylic acids is 1. The monoisotopic (exact) mass is 343 g/mol. The molecule has 134 valence electrons. The summed E-state index contributed by atoms with van der Waals surface area (Å²) in [4.78, 5) is 23.8. The fraction of sp³-hybridized carbons (Fsp3) is 0.421. The lowest BCUT2D eigenvalue weighted by Crippen LogP contribution is -2.30. The largest absolute Gasteiger partial charge is 0.442 e. The Labute approximate surface area is 147 Å². The number of carbonyl (C=O) groups is 1. The second-order valence-corrected chi connectivity index (χ2v) is 5.91. The van der Waals surface area contributed by atoms with Gasteiger partial charge in [-0.1, -0.05) is 67.8 Å². The van der Waals surface area contributed by atoms with Gasteiger partial charge in [0, 0.05) is 0 Å². The van der Waals surface area contributed by atoms with Gasteiger partial charge in [-0.25, -0.2) is 9.36 Å². The molecule has 0 saturated heterocycles. The van der Waals surface area contributed by atoms with Crippen LogP contribution in [-0.2, 0) is 11.3 Å². The quantitative estimate of drug-likeness (QED) is 0.635. The lowest BCUT2D eigenvalue weighted by atomic mass is 10.2. The molecule has 1 aromatic carbocycles. The van der Waals surface area contributed by atoms with E-state index in [1.165, 1.54) is 17.4 Å². The van der Waals surface area contributed by atoms with Gasteiger partial charge in [0.25, 0.3) is 0 Å². The molecule has 0 aliphatic carbocycles. The number of nitrogens with one attached hydrogen (secondary N) is 1. The van der Waals surface area contributed by atoms with E-state index in [1.807, 2.05) is 36.4 Å². The number of nitrogens with zero attached hydrogens (tertiary/aromatic N) is 2. The topological polar surface area (TPSA) is 77.1 Å². The molecular formula is C19H25N3O3. The highest BCUT2D eigenvalue weighted by atomic mass is 16.5. The minimum atomic E-state index is -0.621. The highest BCUT2D eigenvalue weighted by molar-refractivity contribution is 5.80. The van der Waals surface area contributed by atoms with Crippen LogP contribution in [0.15, 0.2) is 39.6 Å². The average molecular weight is 343 g/mol.